The standard InChI is InChI=1S/C17H24FNO2/c1-3-21-16-11-15(17(16)8-4-5-9-17)19-12-6-7-14(20-2)13(18)10-12/h6-7,10,15-16,19H,3-5,8-9,11H2,1-2H3. The van der Waals surface area contributed by atoms with Gasteiger partial charge in [-0.3, -0.25) is 0 Å². The first-order chi connectivity index (χ1) is 10.2. The number of rotatable bonds is 5. The zero-order valence-corrected chi connectivity index (χ0v) is 12.8. The summed E-state index contributed by atoms with van der Waals surface area (Å²) in [5, 5.41) is 3.52. The van der Waals surface area contributed by atoms with Crippen molar-refractivity contribution in [2.75, 3.05) is 19.0 Å². The van der Waals surface area contributed by atoms with Crippen LogP contribution >= 0.6 is 0 Å². The molecule has 0 radical (unpaired) electrons. The summed E-state index contributed by atoms with van der Waals surface area (Å²) in [5.74, 6) is -0.0272. The molecule has 1 aromatic carbocycles. The fourth-order valence-electron chi connectivity index (χ4n) is 4.05. The molecular formula is C17H24FNO2. The molecule has 116 valence electrons. The SMILES string of the molecule is CCOC1CC(Nc2ccc(OC)c(F)c2)C12CCCC2. The van der Waals surface area contributed by atoms with Gasteiger partial charge in [-0.1, -0.05) is 12.8 Å². The Balaban J connectivity index is 1.72. The first kappa shape index (κ1) is 14.6. The number of methoxy groups -OCH3 is 1. The third kappa shape index (κ3) is 2.50. The van der Waals surface area contributed by atoms with Crippen LogP contribution in [-0.2, 0) is 4.74 Å². The molecule has 1 spiro atoms. The molecule has 2 saturated carbocycles. The van der Waals surface area contributed by atoms with Gasteiger partial charge in [0, 0.05) is 29.8 Å². The second kappa shape index (κ2) is 5.84. The van der Waals surface area contributed by atoms with E-state index in [1.54, 1.807) is 6.07 Å². The van der Waals surface area contributed by atoms with Crippen molar-refractivity contribution in [1.29, 1.82) is 0 Å². The van der Waals surface area contributed by atoms with E-state index < -0.39 is 0 Å². The summed E-state index contributed by atoms with van der Waals surface area (Å²) in [6.07, 6.45) is 6.37. The monoisotopic (exact) mass is 293 g/mol. The third-order valence-corrected chi connectivity index (χ3v) is 5.18. The van der Waals surface area contributed by atoms with Gasteiger partial charge in [0.05, 0.1) is 13.2 Å². The maximum absolute atomic E-state index is 13.8. The Bertz CT molecular complexity index is 500. The predicted octanol–water partition coefficient (Wildman–Crippen LogP) is 3.98. The number of hydrogen-bond donors (Lipinski definition) is 1. The van der Waals surface area contributed by atoms with Gasteiger partial charge in [-0.2, -0.15) is 0 Å². The highest BCUT2D eigenvalue weighted by molar-refractivity contribution is 5.49. The van der Waals surface area contributed by atoms with Crippen LogP contribution in [0, 0.1) is 11.2 Å². The molecule has 0 aromatic heterocycles. The van der Waals surface area contributed by atoms with Gasteiger partial charge in [0.1, 0.15) is 0 Å². The fraction of sp³-hybridized carbons (Fsp3) is 0.647. The molecule has 0 heterocycles. The first-order valence-corrected chi connectivity index (χ1v) is 7.91. The van der Waals surface area contributed by atoms with Gasteiger partial charge < -0.3 is 14.8 Å². The summed E-state index contributed by atoms with van der Waals surface area (Å²) in [5.41, 5.74) is 1.09. The quantitative estimate of drug-likeness (QED) is 0.890. The Labute approximate surface area is 125 Å². The molecule has 4 heteroatoms. The summed E-state index contributed by atoms with van der Waals surface area (Å²) in [6.45, 7) is 2.83. The second-order valence-corrected chi connectivity index (χ2v) is 6.17. The topological polar surface area (TPSA) is 30.5 Å². The van der Waals surface area contributed by atoms with Crippen molar-refractivity contribution >= 4 is 5.69 Å². The Morgan fingerprint density at radius 2 is 2.10 bits per heavy atom. The lowest BCUT2D eigenvalue weighted by Crippen LogP contribution is -2.60. The van der Waals surface area contributed by atoms with E-state index >= 15 is 0 Å². The first-order valence-electron chi connectivity index (χ1n) is 7.91. The van der Waals surface area contributed by atoms with Crippen LogP contribution in [0.2, 0.25) is 0 Å². The van der Waals surface area contributed by atoms with E-state index in [0.717, 1.165) is 18.7 Å². The van der Waals surface area contributed by atoms with Gasteiger partial charge in [-0.25, -0.2) is 4.39 Å². The number of benzene rings is 1. The zero-order valence-electron chi connectivity index (χ0n) is 12.8. The van der Waals surface area contributed by atoms with E-state index in [1.165, 1.54) is 38.9 Å². The Morgan fingerprint density at radius 1 is 1.33 bits per heavy atom. The lowest BCUT2D eigenvalue weighted by atomic mass is 9.60. The van der Waals surface area contributed by atoms with Crippen molar-refractivity contribution in [2.45, 2.75) is 51.2 Å². The summed E-state index contributed by atoms with van der Waals surface area (Å²) in [4.78, 5) is 0. The minimum absolute atomic E-state index is 0.256. The molecule has 0 saturated heterocycles. The van der Waals surface area contributed by atoms with Crippen LogP contribution in [0.5, 0.6) is 5.75 Å². The molecule has 21 heavy (non-hydrogen) atoms. The van der Waals surface area contributed by atoms with E-state index in [2.05, 4.69) is 12.2 Å². The Hall–Kier alpha value is -1.29. The number of anilines is 1. The summed E-state index contributed by atoms with van der Waals surface area (Å²) in [7, 11) is 1.48. The molecule has 0 aliphatic heterocycles. The van der Waals surface area contributed by atoms with E-state index in [4.69, 9.17) is 9.47 Å². The Kier molecular flexibility index (Phi) is 4.07. The molecule has 3 rings (SSSR count). The molecule has 2 fully saturated rings. The predicted molar refractivity (Wildman–Crippen MR) is 81.3 cm³/mol. The molecule has 1 aromatic rings. The zero-order chi connectivity index (χ0) is 14.9. The Morgan fingerprint density at radius 3 is 2.71 bits per heavy atom. The number of halogens is 1. The minimum Gasteiger partial charge on any atom is -0.494 e. The van der Waals surface area contributed by atoms with Crippen LogP contribution in [0.3, 0.4) is 0 Å². The summed E-state index contributed by atoms with van der Waals surface area (Å²) < 4.78 is 24.7. The van der Waals surface area contributed by atoms with E-state index in [0.29, 0.717) is 12.1 Å². The average molecular weight is 293 g/mol. The van der Waals surface area contributed by atoms with Crippen molar-refractivity contribution in [3.8, 4) is 5.75 Å². The maximum Gasteiger partial charge on any atom is 0.167 e. The largest absolute Gasteiger partial charge is 0.494 e. The van der Waals surface area contributed by atoms with Crippen LogP contribution in [-0.4, -0.2) is 25.9 Å². The van der Waals surface area contributed by atoms with Gasteiger partial charge in [-0.15, -0.1) is 0 Å². The van der Waals surface area contributed by atoms with E-state index in [1.807, 2.05) is 6.07 Å². The highest BCUT2D eigenvalue weighted by Gasteiger charge is 2.56. The molecule has 1 N–H and O–H groups in total. The molecule has 2 unspecified atom stereocenters. The average Bonchev–Trinajstić information content (AvgIpc) is 2.99. The molecule has 2 atom stereocenters. The van der Waals surface area contributed by atoms with Crippen molar-refractivity contribution in [3.05, 3.63) is 24.0 Å². The molecular weight excluding hydrogens is 269 g/mol. The van der Waals surface area contributed by atoms with Crippen LogP contribution in [0.15, 0.2) is 18.2 Å². The number of ether oxygens (including phenoxy) is 2. The highest BCUT2D eigenvalue weighted by atomic mass is 19.1. The molecule has 0 bridgehead atoms. The van der Waals surface area contributed by atoms with Gasteiger partial charge in [-0.05, 0) is 38.3 Å². The van der Waals surface area contributed by atoms with Crippen molar-refractivity contribution in [3.63, 3.8) is 0 Å². The summed E-state index contributed by atoms with van der Waals surface area (Å²) >= 11 is 0. The van der Waals surface area contributed by atoms with E-state index in [-0.39, 0.29) is 17.0 Å². The molecule has 2 aliphatic carbocycles. The van der Waals surface area contributed by atoms with Gasteiger partial charge in [0.25, 0.3) is 0 Å². The van der Waals surface area contributed by atoms with Crippen LogP contribution in [0.1, 0.15) is 39.0 Å². The van der Waals surface area contributed by atoms with Crippen molar-refractivity contribution in [2.24, 2.45) is 5.41 Å². The fourth-order valence-corrected chi connectivity index (χ4v) is 4.05. The highest BCUT2D eigenvalue weighted by Crippen LogP contribution is 2.55. The molecule has 0 amide bonds. The van der Waals surface area contributed by atoms with Crippen molar-refractivity contribution < 1.29 is 13.9 Å². The maximum atomic E-state index is 13.8. The number of hydrogen-bond acceptors (Lipinski definition) is 3. The smallest absolute Gasteiger partial charge is 0.167 e. The van der Waals surface area contributed by atoms with Gasteiger partial charge in [0.2, 0.25) is 0 Å². The second-order valence-electron chi connectivity index (χ2n) is 6.17. The third-order valence-electron chi connectivity index (χ3n) is 5.18. The van der Waals surface area contributed by atoms with Gasteiger partial charge in [0.15, 0.2) is 11.6 Å². The van der Waals surface area contributed by atoms with Gasteiger partial charge >= 0.3 is 0 Å². The summed E-state index contributed by atoms with van der Waals surface area (Å²) in [6, 6.07) is 5.48. The lowest BCUT2D eigenvalue weighted by molar-refractivity contribution is -0.114. The number of nitrogens with one attached hydrogen (secondary N) is 1. The molecule has 2 aliphatic rings. The van der Waals surface area contributed by atoms with Crippen LogP contribution in [0.4, 0.5) is 10.1 Å². The van der Waals surface area contributed by atoms with Crippen LogP contribution in [0.25, 0.3) is 0 Å². The molecule has 3 nitrogen and oxygen atoms in total. The normalized spacial score (nSPS) is 26.6. The minimum atomic E-state index is -0.316. The lowest BCUT2D eigenvalue weighted by Gasteiger charge is -2.54. The van der Waals surface area contributed by atoms with E-state index in [9.17, 15) is 4.39 Å². The van der Waals surface area contributed by atoms with Crippen molar-refractivity contribution in [1.82, 2.24) is 0 Å². The van der Waals surface area contributed by atoms with Crippen LogP contribution < -0.4 is 10.1 Å².